The number of nitrogens with zero attached hydrogens (tertiary/aromatic N) is 2. The van der Waals surface area contributed by atoms with Gasteiger partial charge >= 0.3 is 0 Å². The van der Waals surface area contributed by atoms with Crippen molar-refractivity contribution in [2.45, 2.75) is 44.3 Å². The van der Waals surface area contributed by atoms with E-state index >= 15 is 0 Å². The first kappa shape index (κ1) is 15.6. The van der Waals surface area contributed by atoms with Crippen molar-refractivity contribution in [3.8, 4) is 11.3 Å². The van der Waals surface area contributed by atoms with Gasteiger partial charge in [0.25, 0.3) is 0 Å². The predicted octanol–water partition coefficient (Wildman–Crippen LogP) is 4.18. The molecule has 122 valence electrons. The van der Waals surface area contributed by atoms with Gasteiger partial charge in [0, 0.05) is 34.6 Å². The van der Waals surface area contributed by atoms with Crippen LogP contribution in [0.3, 0.4) is 0 Å². The number of rotatable bonds is 4. The Morgan fingerprint density at radius 2 is 2.09 bits per heavy atom. The molecule has 1 aromatic carbocycles. The van der Waals surface area contributed by atoms with Crippen LogP contribution in [0.5, 0.6) is 0 Å². The van der Waals surface area contributed by atoms with E-state index in [4.69, 9.17) is 16.6 Å². The van der Waals surface area contributed by atoms with Crippen LogP contribution in [0, 0.1) is 0 Å². The van der Waals surface area contributed by atoms with Gasteiger partial charge in [-0.15, -0.1) is 11.3 Å². The molecule has 0 bridgehead atoms. The van der Waals surface area contributed by atoms with Gasteiger partial charge in [-0.3, -0.25) is 0 Å². The Bertz CT molecular complexity index is 655. The molecule has 2 fully saturated rings. The minimum Gasteiger partial charge on any atom is -0.308 e. The average molecular weight is 348 g/mol. The van der Waals surface area contributed by atoms with Gasteiger partial charge < -0.3 is 10.2 Å². The SMILES string of the molecule is Clc1ccc(-c2csc(CN[C@@H]3CCN4CCC[C@@H]4C3)n2)cc1. The highest BCUT2D eigenvalue weighted by molar-refractivity contribution is 7.09. The highest BCUT2D eigenvalue weighted by Gasteiger charge is 2.31. The van der Waals surface area contributed by atoms with Gasteiger partial charge in [0.05, 0.1) is 5.69 Å². The number of thiazole rings is 1. The maximum absolute atomic E-state index is 5.95. The van der Waals surface area contributed by atoms with Gasteiger partial charge in [-0.05, 0) is 50.9 Å². The molecule has 0 amide bonds. The van der Waals surface area contributed by atoms with Crippen LogP contribution < -0.4 is 5.32 Å². The van der Waals surface area contributed by atoms with Gasteiger partial charge in [-0.25, -0.2) is 4.98 Å². The monoisotopic (exact) mass is 347 g/mol. The van der Waals surface area contributed by atoms with Crippen molar-refractivity contribution in [3.05, 3.63) is 39.7 Å². The maximum atomic E-state index is 5.95. The molecule has 0 unspecified atom stereocenters. The summed E-state index contributed by atoms with van der Waals surface area (Å²) >= 11 is 7.69. The molecule has 23 heavy (non-hydrogen) atoms. The molecule has 1 aromatic heterocycles. The molecule has 0 aliphatic carbocycles. The van der Waals surface area contributed by atoms with Crippen molar-refractivity contribution in [2.75, 3.05) is 13.1 Å². The molecule has 4 rings (SSSR count). The predicted molar refractivity (Wildman–Crippen MR) is 97.0 cm³/mol. The minimum atomic E-state index is 0.650. The summed E-state index contributed by atoms with van der Waals surface area (Å²) in [7, 11) is 0. The Morgan fingerprint density at radius 3 is 2.96 bits per heavy atom. The van der Waals surface area contributed by atoms with E-state index in [2.05, 4.69) is 15.6 Å². The Hall–Kier alpha value is -0.940. The second-order valence-corrected chi connectivity index (χ2v) is 7.95. The molecule has 0 saturated carbocycles. The normalized spacial score (nSPS) is 24.7. The lowest BCUT2D eigenvalue weighted by molar-refractivity contribution is 0.166. The van der Waals surface area contributed by atoms with Crippen LogP contribution in [-0.2, 0) is 6.54 Å². The first-order valence-electron chi connectivity index (χ1n) is 8.46. The highest BCUT2D eigenvalue weighted by Crippen LogP contribution is 2.27. The van der Waals surface area contributed by atoms with Crippen LogP contribution in [0.25, 0.3) is 11.3 Å². The summed E-state index contributed by atoms with van der Waals surface area (Å²) in [5.74, 6) is 0. The van der Waals surface area contributed by atoms with Crippen LogP contribution in [0.15, 0.2) is 29.6 Å². The molecule has 5 heteroatoms. The van der Waals surface area contributed by atoms with Crippen LogP contribution in [0.4, 0.5) is 0 Å². The summed E-state index contributed by atoms with van der Waals surface area (Å²) in [4.78, 5) is 7.43. The zero-order valence-electron chi connectivity index (χ0n) is 13.2. The first-order chi connectivity index (χ1) is 11.3. The molecule has 2 saturated heterocycles. The number of piperidine rings is 1. The number of halogens is 1. The lowest BCUT2D eigenvalue weighted by Gasteiger charge is -2.35. The first-order valence-corrected chi connectivity index (χ1v) is 9.71. The van der Waals surface area contributed by atoms with Crippen LogP contribution >= 0.6 is 22.9 Å². The Morgan fingerprint density at radius 1 is 1.22 bits per heavy atom. The summed E-state index contributed by atoms with van der Waals surface area (Å²) < 4.78 is 0. The Balaban J connectivity index is 1.34. The molecule has 2 aliphatic heterocycles. The third-order valence-electron chi connectivity index (χ3n) is 5.05. The zero-order valence-corrected chi connectivity index (χ0v) is 14.7. The number of nitrogens with one attached hydrogen (secondary N) is 1. The van der Waals surface area contributed by atoms with E-state index in [1.165, 1.54) is 43.8 Å². The van der Waals surface area contributed by atoms with Crippen LogP contribution in [0.2, 0.25) is 5.02 Å². The maximum Gasteiger partial charge on any atom is 0.107 e. The van der Waals surface area contributed by atoms with Crippen molar-refractivity contribution in [1.82, 2.24) is 15.2 Å². The summed E-state index contributed by atoms with van der Waals surface area (Å²) in [6, 6.07) is 9.38. The van der Waals surface area contributed by atoms with Gasteiger partial charge in [0.2, 0.25) is 0 Å². The van der Waals surface area contributed by atoms with Gasteiger partial charge in [0.15, 0.2) is 0 Å². The van der Waals surface area contributed by atoms with Crippen molar-refractivity contribution in [1.29, 1.82) is 0 Å². The van der Waals surface area contributed by atoms with Gasteiger partial charge in [-0.1, -0.05) is 23.7 Å². The molecular weight excluding hydrogens is 326 g/mol. The Kier molecular flexibility index (Phi) is 4.67. The van der Waals surface area contributed by atoms with E-state index in [0.29, 0.717) is 6.04 Å². The van der Waals surface area contributed by atoms with E-state index in [1.807, 2.05) is 24.3 Å². The molecule has 2 atom stereocenters. The van der Waals surface area contributed by atoms with Crippen molar-refractivity contribution in [2.24, 2.45) is 0 Å². The smallest absolute Gasteiger partial charge is 0.107 e. The molecule has 3 heterocycles. The Labute approximate surface area is 146 Å². The lowest BCUT2D eigenvalue weighted by atomic mass is 9.98. The number of hydrogen-bond acceptors (Lipinski definition) is 4. The van der Waals surface area contributed by atoms with E-state index in [0.717, 1.165) is 28.9 Å². The van der Waals surface area contributed by atoms with E-state index in [-0.39, 0.29) is 0 Å². The van der Waals surface area contributed by atoms with E-state index in [1.54, 1.807) is 11.3 Å². The number of benzene rings is 1. The minimum absolute atomic E-state index is 0.650. The average Bonchev–Trinajstić information content (AvgIpc) is 3.22. The molecule has 2 aliphatic rings. The summed E-state index contributed by atoms with van der Waals surface area (Å²) in [5.41, 5.74) is 2.19. The lowest BCUT2D eigenvalue weighted by Crippen LogP contribution is -2.45. The molecule has 0 radical (unpaired) electrons. The fourth-order valence-corrected chi connectivity index (χ4v) is 4.67. The topological polar surface area (TPSA) is 28.2 Å². The van der Waals surface area contributed by atoms with Crippen molar-refractivity contribution < 1.29 is 0 Å². The van der Waals surface area contributed by atoms with Gasteiger partial charge in [-0.2, -0.15) is 0 Å². The third kappa shape index (κ3) is 3.61. The third-order valence-corrected chi connectivity index (χ3v) is 6.15. The molecule has 0 spiro atoms. The fraction of sp³-hybridized carbons (Fsp3) is 0.500. The van der Waals surface area contributed by atoms with Crippen LogP contribution in [0.1, 0.15) is 30.7 Å². The molecule has 3 nitrogen and oxygen atoms in total. The van der Waals surface area contributed by atoms with Crippen LogP contribution in [-0.4, -0.2) is 35.1 Å². The summed E-state index contributed by atoms with van der Waals surface area (Å²) in [6.07, 6.45) is 5.34. The number of hydrogen-bond donors (Lipinski definition) is 1. The van der Waals surface area contributed by atoms with E-state index < -0.39 is 0 Å². The van der Waals surface area contributed by atoms with Crippen molar-refractivity contribution >= 4 is 22.9 Å². The standard InChI is InChI=1S/C18H22ClN3S/c19-14-5-3-13(4-6-14)17-12-23-18(21-17)11-20-15-7-9-22-8-1-2-16(22)10-15/h3-6,12,15-16,20H,1-2,7-11H2/t15-,16-/m1/s1. The van der Waals surface area contributed by atoms with E-state index in [9.17, 15) is 0 Å². The largest absolute Gasteiger partial charge is 0.308 e. The second-order valence-electron chi connectivity index (χ2n) is 6.57. The zero-order chi connectivity index (χ0) is 15.6. The number of fused-ring (bicyclic) bond motifs is 1. The summed E-state index contributed by atoms with van der Waals surface area (Å²) in [5, 5.41) is 7.80. The molecular formula is C18H22ClN3S. The second kappa shape index (κ2) is 6.89. The van der Waals surface area contributed by atoms with Gasteiger partial charge in [0.1, 0.15) is 5.01 Å². The fourth-order valence-electron chi connectivity index (χ4n) is 3.79. The van der Waals surface area contributed by atoms with Crippen molar-refractivity contribution in [3.63, 3.8) is 0 Å². The summed E-state index contributed by atoms with van der Waals surface area (Å²) in [6.45, 7) is 3.46. The molecule has 2 aromatic rings. The highest BCUT2D eigenvalue weighted by atomic mass is 35.5. The molecule has 1 N–H and O–H groups in total. The number of aromatic nitrogens is 1. The quantitative estimate of drug-likeness (QED) is 0.899.